The van der Waals surface area contributed by atoms with E-state index in [1.54, 1.807) is 13.8 Å². The third-order valence-electron chi connectivity index (χ3n) is 2.40. The number of nitrogens with zero attached hydrogens (tertiary/aromatic N) is 1. The summed E-state index contributed by atoms with van der Waals surface area (Å²) in [5, 5.41) is 0. The first-order valence-corrected chi connectivity index (χ1v) is 5.87. The van der Waals surface area contributed by atoms with E-state index in [1.165, 1.54) is 0 Å². The van der Waals surface area contributed by atoms with Crippen LogP contribution in [-0.2, 0) is 11.2 Å². The minimum absolute atomic E-state index is 0.00657. The highest BCUT2D eigenvalue weighted by molar-refractivity contribution is 5.90. The van der Waals surface area contributed by atoms with Crippen molar-refractivity contribution in [2.75, 3.05) is 6.61 Å². The monoisotopic (exact) mass is 238 g/mol. The number of H-pyrrole nitrogens is 1. The molecule has 0 aromatic carbocycles. The zero-order valence-corrected chi connectivity index (χ0v) is 10.5. The number of hydrogen-bond acceptors (Lipinski definition) is 4. The molecule has 0 atom stereocenters. The second kappa shape index (κ2) is 6.18. The number of aromatic amines is 1. The lowest BCUT2D eigenvalue weighted by atomic mass is 10.2. The van der Waals surface area contributed by atoms with Crippen molar-refractivity contribution >= 4 is 5.97 Å². The van der Waals surface area contributed by atoms with Crippen molar-refractivity contribution in [1.29, 1.82) is 0 Å². The minimum atomic E-state index is -0.610. The van der Waals surface area contributed by atoms with Gasteiger partial charge in [0.1, 0.15) is 11.4 Å². The Morgan fingerprint density at radius 1 is 1.41 bits per heavy atom. The maximum atomic E-state index is 11.7. The van der Waals surface area contributed by atoms with Crippen LogP contribution in [0.15, 0.2) is 4.79 Å². The van der Waals surface area contributed by atoms with Crippen LogP contribution in [0.3, 0.4) is 0 Å². The summed E-state index contributed by atoms with van der Waals surface area (Å²) in [7, 11) is 0. The molecule has 0 unspecified atom stereocenters. The predicted molar refractivity (Wildman–Crippen MR) is 64.2 cm³/mol. The molecule has 94 valence electrons. The molecule has 5 heteroatoms. The third-order valence-corrected chi connectivity index (χ3v) is 2.40. The summed E-state index contributed by atoms with van der Waals surface area (Å²) in [4.78, 5) is 30.1. The number of carbonyl (C=O) groups excluding carboxylic acids is 1. The first-order valence-electron chi connectivity index (χ1n) is 5.87. The topological polar surface area (TPSA) is 72.0 Å². The normalized spacial score (nSPS) is 10.3. The number of carbonyl (C=O) groups is 1. The summed E-state index contributed by atoms with van der Waals surface area (Å²) in [6.45, 7) is 5.66. The highest BCUT2D eigenvalue weighted by atomic mass is 16.5. The molecule has 0 spiro atoms. The maximum Gasteiger partial charge on any atom is 0.345 e. The van der Waals surface area contributed by atoms with E-state index >= 15 is 0 Å². The van der Waals surface area contributed by atoms with Gasteiger partial charge in [-0.05, 0) is 20.3 Å². The molecule has 1 aromatic heterocycles. The number of aryl methyl sites for hydroxylation is 2. The SMILES string of the molecule is CCCCc1nc(C)c(C(=O)OCC)c(=O)[nH]1. The van der Waals surface area contributed by atoms with E-state index in [2.05, 4.69) is 16.9 Å². The number of unbranched alkanes of at least 4 members (excludes halogenated alkanes) is 1. The average Bonchev–Trinajstić information content (AvgIpc) is 2.25. The van der Waals surface area contributed by atoms with Crippen molar-refractivity contribution in [2.45, 2.75) is 40.0 Å². The summed E-state index contributed by atoms with van der Waals surface area (Å²) in [6, 6.07) is 0. The van der Waals surface area contributed by atoms with E-state index in [1.807, 2.05) is 0 Å². The van der Waals surface area contributed by atoms with E-state index in [0.717, 1.165) is 19.3 Å². The number of aromatic nitrogens is 2. The average molecular weight is 238 g/mol. The van der Waals surface area contributed by atoms with Gasteiger partial charge in [0.25, 0.3) is 5.56 Å². The van der Waals surface area contributed by atoms with Crippen molar-refractivity contribution in [1.82, 2.24) is 9.97 Å². The second-order valence-electron chi connectivity index (χ2n) is 3.80. The number of rotatable bonds is 5. The Balaban J connectivity index is 3.02. The number of esters is 1. The number of ether oxygens (including phenoxy) is 1. The Morgan fingerprint density at radius 2 is 2.12 bits per heavy atom. The molecule has 0 fully saturated rings. The Labute approximate surface area is 100 Å². The van der Waals surface area contributed by atoms with Gasteiger partial charge in [-0.15, -0.1) is 0 Å². The molecule has 0 saturated carbocycles. The lowest BCUT2D eigenvalue weighted by molar-refractivity contribution is 0.0522. The third kappa shape index (κ3) is 3.41. The van der Waals surface area contributed by atoms with E-state index < -0.39 is 11.5 Å². The van der Waals surface area contributed by atoms with E-state index in [0.29, 0.717) is 11.5 Å². The zero-order chi connectivity index (χ0) is 12.8. The van der Waals surface area contributed by atoms with Crippen molar-refractivity contribution in [3.05, 3.63) is 27.4 Å². The highest BCUT2D eigenvalue weighted by Gasteiger charge is 2.16. The molecule has 17 heavy (non-hydrogen) atoms. The standard InChI is InChI=1S/C12H18N2O3/c1-4-6-7-9-13-8(3)10(11(15)14-9)12(16)17-5-2/h4-7H2,1-3H3,(H,13,14,15). The van der Waals surface area contributed by atoms with Gasteiger partial charge in [-0.3, -0.25) is 4.79 Å². The first-order chi connectivity index (χ1) is 8.10. The fraction of sp³-hybridized carbons (Fsp3) is 0.583. The Hall–Kier alpha value is -1.65. The van der Waals surface area contributed by atoms with Gasteiger partial charge >= 0.3 is 5.97 Å². The molecule has 0 amide bonds. The van der Waals surface area contributed by atoms with Crippen LogP contribution in [0.4, 0.5) is 0 Å². The maximum absolute atomic E-state index is 11.7. The van der Waals surface area contributed by atoms with Gasteiger partial charge in [0.15, 0.2) is 0 Å². The molecule has 0 aliphatic rings. The molecule has 0 radical (unpaired) electrons. The fourth-order valence-electron chi connectivity index (χ4n) is 1.55. The lowest BCUT2D eigenvalue weighted by Gasteiger charge is -2.06. The molecule has 1 N–H and O–H groups in total. The van der Waals surface area contributed by atoms with Crippen LogP contribution in [0, 0.1) is 6.92 Å². The molecule has 0 bridgehead atoms. The van der Waals surface area contributed by atoms with Gasteiger partial charge in [0.05, 0.1) is 12.3 Å². The number of hydrogen-bond donors (Lipinski definition) is 1. The molecule has 1 aromatic rings. The molecule has 0 aliphatic carbocycles. The van der Waals surface area contributed by atoms with Gasteiger partial charge < -0.3 is 9.72 Å². The van der Waals surface area contributed by atoms with Crippen molar-refractivity contribution < 1.29 is 9.53 Å². The zero-order valence-electron chi connectivity index (χ0n) is 10.5. The summed E-state index contributed by atoms with van der Waals surface area (Å²) < 4.78 is 4.81. The van der Waals surface area contributed by atoms with Crippen LogP contribution in [0.2, 0.25) is 0 Å². The molecule has 0 aliphatic heterocycles. The minimum Gasteiger partial charge on any atom is -0.462 e. The smallest absolute Gasteiger partial charge is 0.345 e. The predicted octanol–water partition coefficient (Wildman–Crippen LogP) is 1.60. The van der Waals surface area contributed by atoms with Gasteiger partial charge in [-0.1, -0.05) is 13.3 Å². The molecule has 1 rings (SSSR count). The summed E-state index contributed by atoms with van der Waals surface area (Å²) in [5.41, 5.74) is 0.0208. The largest absolute Gasteiger partial charge is 0.462 e. The second-order valence-corrected chi connectivity index (χ2v) is 3.80. The van der Waals surface area contributed by atoms with Crippen LogP contribution in [0.25, 0.3) is 0 Å². The highest BCUT2D eigenvalue weighted by Crippen LogP contribution is 2.04. The van der Waals surface area contributed by atoms with Gasteiger partial charge in [0.2, 0.25) is 0 Å². The summed E-state index contributed by atoms with van der Waals surface area (Å²) >= 11 is 0. The van der Waals surface area contributed by atoms with Gasteiger partial charge in [-0.25, -0.2) is 9.78 Å². The molecule has 0 saturated heterocycles. The van der Waals surface area contributed by atoms with Crippen molar-refractivity contribution in [3.8, 4) is 0 Å². The van der Waals surface area contributed by atoms with Crippen molar-refractivity contribution in [2.24, 2.45) is 0 Å². The van der Waals surface area contributed by atoms with Crippen LogP contribution in [-0.4, -0.2) is 22.5 Å². The van der Waals surface area contributed by atoms with E-state index in [-0.39, 0.29) is 12.2 Å². The van der Waals surface area contributed by atoms with Gasteiger partial charge in [0, 0.05) is 6.42 Å². The fourth-order valence-corrected chi connectivity index (χ4v) is 1.55. The van der Waals surface area contributed by atoms with Crippen LogP contribution in [0.5, 0.6) is 0 Å². The summed E-state index contributed by atoms with van der Waals surface area (Å²) in [6.07, 6.45) is 2.71. The van der Waals surface area contributed by atoms with Crippen LogP contribution >= 0.6 is 0 Å². The molecule has 1 heterocycles. The Morgan fingerprint density at radius 3 is 2.65 bits per heavy atom. The van der Waals surface area contributed by atoms with E-state index in [4.69, 9.17) is 4.74 Å². The quantitative estimate of drug-likeness (QED) is 0.791. The van der Waals surface area contributed by atoms with E-state index in [9.17, 15) is 9.59 Å². The Bertz CT molecular complexity index is 452. The Kier molecular flexibility index (Phi) is 4.87. The van der Waals surface area contributed by atoms with Crippen LogP contribution < -0.4 is 5.56 Å². The molecule has 5 nitrogen and oxygen atoms in total. The lowest BCUT2D eigenvalue weighted by Crippen LogP contribution is -2.24. The van der Waals surface area contributed by atoms with Crippen molar-refractivity contribution in [3.63, 3.8) is 0 Å². The summed E-state index contributed by atoms with van der Waals surface area (Å²) in [5.74, 6) is 0.0168. The molecular formula is C12H18N2O3. The molecular weight excluding hydrogens is 220 g/mol. The van der Waals surface area contributed by atoms with Gasteiger partial charge in [-0.2, -0.15) is 0 Å². The van der Waals surface area contributed by atoms with Crippen LogP contribution in [0.1, 0.15) is 48.6 Å². The first kappa shape index (κ1) is 13.4. The number of nitrogens with one attached hydrogen (secondary N) is 1.